The van der Waals surface area contributed by atoms with Gasteiger partial charge in [0, 0.05) is 24.6 Å². The van der Waals surface area contributed by atoms with Crippen molar-refractivity contribution in [2.24, 2.45) is 0 Å². The van der Waals surface area contributed by atoms with E-state index in [1.54, 1.807) is 0 Å². The van der Waals surface area contributed by atoms with E-state index in [9.17, 15) is 27.9 Å². The van der Waals surface area contributed by atoms with E-state index >= 15 is 0 Å². The number of carbonyl (C=O) groups is 2. The standard InChI is InChI=1S/C24H21F3N4O5/c1-35-24(34)15-4-2-12(16-9-13(25)10-17(26)22(16)27)8-19(15)29-20(33)6-7-21-30-23(31-36-21)18-5-3-14(32)11-28-18/h3,5,9-12,32H,2,4,6-8H2,1H3,(H,29,33). The Morgan fingerprint density at radius 3 is 2.78 bits per heavy atom. The van der Waals surface area contributed by atoms with Crippen LogP contribution in [0.15, 0.2) is 46.3 Å². The summed E-state index contributed by atoms with van der Waals surface area (Å²) in [6, 6.07) is 4.30. The van der Waals surface area contributed by atoms with Gasteiger partial charge in [-0.3, -0.25) is 4.79 Å². The van der Waals surface area contributed by atoms with E-state index in [-0.39, 0.29) is 66.4 Å². The number of aromatic nitrogens is 3. The fourth-order valence-corrected chi connectivity index (χ4v) is 3.98. The lowest BCUT2D eigenvalue weighted by Crippen LogP contribution is -2.30. The van der Waals surface area contributed by atoms with Crippen LogP contribution < -0.4 is 5.32 Å². The van der Waals surface area contributed by atoms with Crippen LogP contribution in [0.4, 0.5) is 13.2 Å². The molecule has 1 aliphatic carbocycles. The number of carbonyl (C=O) groups excluding carboxylic acids is 2. The maximum Gasteiger partial charge on any atom is 0.335 e. The van der Waals surface area contributed by atoms with Crippen LogP contribution in [-0.2, 0) is 20.7 Å². The van der Waals surface area contributed by atoms with Crippen LogP contribution in [0.1, 0.15) is 43.1 Å². The first-order valence-electron chi connectivity index (χ1n) is 11.0. The lowest BCUT2D eigenvalue weighted by molar-refractivity contribution is -0.136. The number of nitrogens with zero attached hydrogens (tertiary/aromatic N) is 3. The Hall–Kier alpha value is -4.22. The van der Waals surface area contributed by atoms with Gasteiger partial charge in [-0.05, 0) is 48.9 Å². The molecule has 2 N–H and O–H groups in total. The van der Waals surface area contributed by atoms with Gasteiger partial charge in [0.05, 0.1) is 18.9 Å². The highest BCUT2D eigenvalue weighted by Gasteiger charge is 2.30. The lowest BCUT2D eigenvalue weighted by Gasteiger charge is -2.27. The number of aryl methyl sites for hydroxylation is 1. The van der Waals surface area contributed by atoms with Crippen molar-refractivity contribution in [1.29, 1.82) is 0 Å². The van der Waals surface area contributed by atoms with Crippen LogP contribution >= 0.6 is 0 Å². The lowest BCUT2D eigenvalue weighted by atomic mass is 9.82. The number of hydrogen-bond donors (Lipinski definition) is 2. The number of ether oxygens (including phenoxy) is 1. The zero-order valence-electron chi connectivity index (χ0n) is 19.1. The SMILES string of the molecule is COC(=O)C1=C(NC(=O)CCc2nc(-c3ccc(O)cn3)no2)CC(c2cc(F)cc(F)c2F)CC1. The van der Waals surface area contributed by atoms with E-state index in [1.165, 1.54) is 25.4 Å². The number of halogens is 3. The maximum absolute atomic E-state index is 14.4. The van der Waals surface area contributed by atoms with Crippen molar-refractivity contribution < 1.29 is 37.1 Å². The van der Waals surface area contributed by atoms with Crippen LogP contribution in [0.5, 0.6) is 5.75 Å². The molecule has 0 saturated heterocycles. The smallest absolute Gasteiger partial charge is 0.335 e. The van der Waals surface area contributed by atoms with Crippen molar-refractivity contribution in [3.8, 4) is 17.3 Å². The van der Waals surface area contributed by atoms with Crippen molar-refractivity contribution in [2.45, 2.75) is 38.0 Å². The van der Waals surface area contributed by atoms with Gasteiger partial charge in [0.2, 0.25) is 17.6 Å². The Labute approximate surface area is 203 Å². The minimum Gasteiger partial charge on any atom is -0.506 e. The Morgan fingerprint density at radius 1 is 1.25 bits per heavy atom. The predicted molar refractivity (Wildman–Crippen MR) is 118 cm³/mol. The highest BCUT2D eigenvalue weighted by molar-refractivity contribution is 5.91. The molecular weight excluding hydrogens is 481 g/mol. The van der Waals surface area contributed by atoms with E-state index in [2.05, 4.69) is 20.4 Å². The fraction of sp³-hybridized carbons (Fsp3) is 0.292. The van der Waals surface area contributed by atoms with Gasteiger partial charge in [0.15, 0.2) is 11.6 Å². The number of benzene rings is 1. The monoisotopic (exact) mass is 502 g/mol. The second-order valence-corrected chi connectivity index (χ2v) is 8.14. The molecule has 36 heavy (non-hydrogen) atoms. The van der Waals surface area contributed by atoms with E-state index < -0.39 is 35.2 Å². The highest BCUT2D eigenvalue weighted by Crippen LogP contribution is 2.37. The number of allylic oxidation sites excluding steroid dienone is 1. The molecule has 9 nitrogen and oxygen atoms in total. The second kappa shape index (κ2) is 10.6. The van der Waals surface area contributed by atoms with Gasteiger partial charge in [0.1, 0.15) is 17.3 Å². The number of amides is 1. The molecule has 0 saturated carbocycles. The van der Waals surface area contributed by atoms with Crippen molar-refractivity contribution in [1.82, 2.24) is 20.4 Å². The molecular formula is C24H21F3N4O5. The molecule has 188 valence electrons. The van der Waals surface area contributed by atoms with Gasteiger partial charge in [-0.2, -0.15) is 4.98 Å². The van der Waals surface area contributed by atoms with E-state index in [1.807, 2.05) is 0 Å². The minimum absolute atomic E-state index is 0.0185. The second-order valence-electron chi connectivity index (χ2n) is 8.14. The molecule has 1 atom stereocenters. The molecule has 2 aromatic heterocycles. The third kappa shape index (κ3) is 5.53. The summed E-state index contributed by atoms with van der Waals surface area (Å²) in [7, 11) is 1.19. The van der Waals surface area contributed by atoms with Gasteiger partial charge in [0.25, 0.3) is 0 Å². The summed E-state index contributed by atoms with van der Waals surface area (Å²) in [5.74, 6) is -4.86. The number of aromatic hydroxyl groups is 1. The Kier molecular flexibility index (Phi) is 7.32. The topological polar surface area (TPSA) is 127 Å². The number of methoxy groups -OCH3 is 1. The number of hydrogen-bond acceptors (Lipinski definition) is 8. The molecule has 1 amide bonds. The molecule has 0 fully saturated rings. The molecule has 0 bridgehead atoms. The molecule has 1 unspecified atom stereocenters. The zero-order valence-corrected chi connectivity index (χ0v) is 19.1. The van der Waals surface area contributed by atoms with Gasteiger partial charge in [-0.25, -0.2) is 22.9 Å². The van der Waals surface area contributed by atoms with Gasteiger partial charge in [-0.1, -0.05) is 5.16 Å². The summed E-state index contributed by atoms with van der Waals surface area (Å²) in [6.45, 7) is 0. The van der Waals surface area contributed by atoms with E-state index in [4.69, 9.17) is 9.26 Å². The third-order valence-corrected chi connectivity index (χ3v) is 5.75. The highest BCUT2D eigenvalue weighted by atomic mass is 19.2. The number of esters is 1. The molecule has 0 radical (unpaired) electrons. The molecule has 4 rings (SSSR count). The first kappa shape index (κ1) is 24.9. The average molecular weight is 502 g/mol. The summed E-state index contributed by atoms with van der Waals surface area (Å²) in [6.07, 6.45) is 1.55. The molecule has 1 aromatic carbocycles. The zero-order chi connectivity index (χ0) is 25.8. The number of pyridine rings is 1. The molecule has 12 heteroatoms. The normalized spacial score (nSPS) is 15.6. The van der Waals surface area contributed by atoms with Gasteiger partial charge < -0.3 is 19.7 Å². The summed E-state index contributed by atoms with van der Waals surface area (Å²) < 4.78 is 51.7. The first-order valence-corrected chi connectivity index (χ1v) is 11.0. The number of rotatable bonds is 7. The van der Waals surface area contributed by atoms with Crippen LogP contribution in [0.25, 0.3) is 11.5 Å². The number of nitrogens with one attached hydrogen (secondary N) is 1. The quantitative estimate of drug-likeness (QED) is 0.370. The van der Waals surface area contributed by atoms with Gasteiger partial charge in [-0.15, -0.1) is 0 Å². The van der Waals surface area contributed by atoms with Crippen LogP contribution in [-0.4, -0.2) is 39.2 Å². The predicted octanol–water partition coefficient (Wildman–Crippen LogP) is 3.70. The molecule has 1 aliphatic rings. The Bertz CT molecular complexity index is 1320. The Morgan fingerprint density at radius 2 is 2.06 bits per heavy atom. The first-order chi connectivity index (χ1) is 17.2. The minimum atomic E-state index is -1.31. The summed E-state index contributed by atoms with van der Waals surface area (Å²) in [4.78, 5) is 33.0. The van der Waals surface area contributed by atoms with Crippen LogP contribution in [0.2, 0.25) is 0 Å². The molecule has 0 spiro atoms. The van der Waals surface area contributed by atoms with Crippen LogP contribution in [0, 0.1) is 17.5 Å². The molecule has 2 heterocycles. The van der Waals surface area contributed by atoms with Crippen molar-refractivity contribution in [3.63, 3.8) is 0 Å². The van der Waals surface area contributed by atoms with Crippen LogP contribution in [0.3, 0.4) is 0 Å². The fourth-order valence-electron chi connectivity index (χ4n) is 3.98. The molecule has 0 aliphatic heterocycles. The summed E-state index contributed by atoms with van der Waals surface area (Å²) >= 11 is 0. The molecule has 3 aromatic rings. The van der Waals surface area contributed by atoms with E-state index in [0.29, 0.717) is 11.8 Å². The average Bonchev–Trinajstić information content (AvgIpc) is 3.34. The van der Waals surface area contributed by atoms with Crippen molar-refractivity contribution in [2.75, 3.05) is 7.11 Å². The largest absolute Gasteiger partial charge is 0.506 e. The van der Waals surface area contributed by atoms with E-state index in [0.717, 1.165) is 6.07 Å². The summed E-state index contributed by atoms with van der Waals surface area (Å²) in [5.41, 5.74) is 0.614. The van der Waals surface area contributed by atoms with Gasteiger partial charge >= 0.3 is 5.97 Å². The Balaban J connectivity index is 1.45. The van der Waals surface area contributed by atoms with Crippen molar-refractivity contribution in [3.05, 3.63) is 70.6 Å². The summed E-state index contributed by atoms with van der Waals surface area (Å²) in [5, 5.41) is 15.8. The maximum atomic E-state index is 14.4. The van der Waals surface area contributed by atoms with Crippen molar-refractivity contribution >= 4 is 11.9 Å². The third-order valence-electron chi connectivity index (χ3n) is 5.75.